The minimum atomic E-state index is 0.0630. The van der Waals surface area contributed by atoms with Crippen molar-refractivity contribution in [3.8, 4) is 5.75 Å². The smallest absolute Gasteiger partial charge is 0.253 e. The maximum Gasteiger partial charge on any atom is 0.253 e. The third-order valence-corrected chi connectivity index (χ3v) is 4.03. The Kier molecular flexibility index (Phi) is 4.43. The third kappa shape index (κ3) is 3.07. The van der Waals surface area contributed by atoms with E-state index in [4.69, 9.17) is 0 Å². The number of phenolic OH excluding ortho intramolecular Hbond substituents is 1. The summed E-state index contributed by atoms with van der Waals surface area (Å²) in [6.07, 6.45) is 2.07. The molecule has 2 rings (SSSR count). The average Bonchev–Trinajstić information content (AvgIpc) is 2.46. The van der Waals surface area contributed by atoms with Gasteiger partial charge in [-0.1, -0.05) is 13.3 Å². The summed E-state index contributed by atoms with van der Waals surface area (Å²) in [5.74, 6) is 0.768. The monoisotopic (exact) mass is 262 g/mol. The lowest BCUT2D eigenvalue weighted by atomic mass is 9.89. The van der Waals surface area contributed by atoms with Crippen molar-refractivity contribution in [1.82, 2.24) is 10.2 Å². The fourth-order valence-corrected chi connectivity index (χ4v) is 2.80. The molecule has 19 heavy (non-hydrogen) atoms. The number of carbonyl (C=O) groups excluding carboxylic acids is 1. The highest BCUT2D eigenvalue weighted by Crippen LogP contribution is 2.22. The molecule has 0 aromatic heterocycles. The van der Waals surface area contributed by atoms with Crippen molar-refractivity contribution < 1.29 is 9.90 Å². The summed E-state index contributed by atoms with van der Waals surface area (Å²) in [4.78, 5) is 14.3. The van der Waals surface area contributed by atoms with E-state index in [1.54, 1.807) is 24.3 Å². The fourth-order valence-electron chi connectivity index (χ4n) is 2.80. The molecular formula is C15H22N2O2. The molecule has 104 valence electrons. The van der Waals surface area contributed by atoms with Crippen LogP contribution >= 0.6 is 0 Å². The fraction of sp³-hybridized carbons (Fsp3) is 0.533. The molecule has 1 saturated heterocycles. The topological polar surface area (TPSA) is 52.6 Å². The van der Waals surface area contributed by atoms with Gasteiger partial charge in [-0.3, -0.25) is 4.79 Å². The van der Waals surface area contributed by atoms with Gasteiger partial charge >= 0.3 is 0 Å². The first-order valence-electron chi connectivity index (χ1n) is 6.91. The van der Waals surface area contributed by atoms with Crippen LogP contribution in [0.1, 0.15) is 30.1 Å². The molecule has 2 atom stereocenters. The summed E-state index contributed by atoms with van der Waals surface area (Å²) in [7, 11) is 1.99. The highest BCUT2D eigenvalue weighted by Gasteiger charge is 2.29. The van der Waals surface area contributed by atoms with Gasteiger partial charge in [-0.05, 0) is 43.7 Å². The maximum absolute atomic E-state index is 12.4. The van der Waals surface area contributed by atoms with Crippen LogP contribution in [0.5, 0.6) is 5.75 Å². The Morgan fingerprint density at radius 2 is 2.11 bits per heavy atom. The largest absolute Gasteiger partial charge is 0.508 e. The molecule has 0 aliphatic carbocycles. The molecular weight excluding hydrogens is 240 g/mol. The van der Waals surface area contributed by atoms with Gasteiger partial charge in [-0.2, -0.15) is 0 Å². The normalized spacial score (nSPS) is 23.4. The molecule has 0 bridgehead atoms. The van der Waals surface area contributed by atoms with Crippen LogP contribution in [0.25, 0.3) is 0 Å². The number of carbonyl (C=O) groups is 1. The summed E-state index contributed by atoms with van der Waals surface area (Å²) in [5, 5.41) is 12.6. The Morgan fingerprint density at radius 3 is 2.68 bits per heavy atom. The van der Waals surface area contributed by atoms with E-state index in [1.165, 1.54) is 0 Å². The van der Waals surface area contributed by atoms with E-state index in [-0.39, 0.29) is 11.7 Å². The molecule has 0 spiro atoms. The molecule has 1 aromatic carbocycles. The number of phenols is 1. The summed E-state index contributed by atoms with van der Waals surface area (Å²) < 4.78 is 0. The van der Waals surface area contributed by atoms with Crippen LogP contribution in [0.4, 0.5) is 0 Å². The van der Waals surface area contributed by atoms with Crippen molar-refractivity contribution >= 4 is 5.91 Å². The van der Waals surface area contributed by atoms with Crippen LogP contribution in [0.3, 0.4) is 0 Å². The molecule has 1 aliphatic rings. The number of piperidine rings is 1. The lowest BCUT2D eigenvalue weighted by Gasteiger charge is -2.38. The SMILES string of the molecule is CCC1CN(C(=O)c2ccc(O)cc2)CCC1NC. The van der Waals surface area contributed by atoms with Gasteiger partial charge in [0.05, 0.1) is 0 Å². The Hall–Kier alpha value is -1.55. The number of nitrogens with one attached hydrogen (secondary N) is 1. The average molecular weight is 262 g/mol. The Bertz CT molecular complexity index is 430. The van der Waals surface area contributed by atoms with E-state index >= 15 is 0 Å². The van der Waals surface area contributed by atoms with E-state index in [0.717, 1.165) is 25.9 Å². The van der Waals surface area contributed by atoms with Gasteiger partial charge in [0.2, 0.25) is 0 Å². The number of nitrogens with zero attached hydrogens (tertiary/aromatic N) is 1. The summed E-state index contributed by atoms with van der Waals surface area (Å²) >= 11 is 0. The van der Waals surface area contributed by atoms with Crippen LogP contribution in [0.15, 0.2) is 24.3 Å². The number of amides is 1. The minimum Gasteiger partial charge on any atom is -0.508 e. The summed E-state index contributed by atoms with van der Waals surface area (Å²) in [5.41, 5.74) is 0.649. The van der Waals surface area contributed by atoms with Gasteiger partial charge in [0.25, 0.3) is 5.91 Å². The highest BCUT2D eigenvalue weighted by molar-refractivity contribution is 5.94. The second kappa shape index (κ2) is 6.06. The van der Waals surface area contributed by atoms with Gasteiger partial charge in [0, 0.05) is 24.7 Å². The first kappa shape index (κ1) is 13.9. The van der Waals surface area contributed by atoms with Crippen LogP contribution in [0.2, 0.25) is 0 Å². The molecule has 1 heterocycles. The van der Waals surface area contributed by atoms with Gasteiger partial charge in [0.1, 0.15) is 5.75 Å². The number of hydrogen-bond donors (Lipinski definition) is 2. The molecule has 1 amide bonds. The molecule has 0 saturated carbocycles. The lowest BCUT2D eigenvalue weighted by Crippen LogP contribution is -2.50. The molecule has 2 unspecified atom stereocenters. The standard InChI is InChI=1S/C15H22N2O2/c1-3-11-10-17(9-8-14(11)16-2)15(19)12-4-6-13(18)7-5-12/h4-7,11,14,16,18H,3,8-10H2,1-2H3. The van der Waals surface area contributed by atoms with Gasteiger partial charge < -0.3 is 15.3 Å². The predicted octanol–water partition coefficient (Wildman–Crippen LogP) is 1.85. The van der Waals surface area contributed by atoms with Crippen molar-refractivity contribution in [1.29, 1.82) is 0 Å². The van der Waals surface area contributed by atoms with E-state index in [1.807, 2.05) is 11.9 Å². The zero-order valence-electron chi connectivity index (χ0n) is 11.6. The first-order valence-corrected chi connectivity index (χ1v) is 6.91. The maximum atomic E-state index is 12.4. The molecule has 4 heteroatoms. The van der Waals surface area contributed by atoms with Crippen molar-refractivity contribution in [2.24, 2.45) is 5.92 Å². The number of rotatable bonds is 3. The van der Waals surface area contributed by atoms with Crippen LogP contribution < -0.4 is 5.32 Å². The Labute approximate surface area is 114 Å². The predicted molar refractivity (Wildman–Crippen MR) is 75.3 cm³/mol. The van der Waals surface area contributed by atoms with E-state index < -0.39 is 0 Å². The number of likely N-dealkylation sites (tertiary alicyclic amines) is 1. The van der Waals surface area contributed by atoms with Crippen molar-refractivity contribution in [3.63, 3.8) is 0 Å². The van der Waals surface area contributed by atoms with E-state index in [9.17, 15) is 9.90 Å². The summed E-state index contributed by atoms with van der Waals surface area (Å²) in [6, 6.07) is 7.00. The summed E-state index contributed by atoms with van der Waals surface area (Å²) in [6.45, 7) is 3.77. The van der Waals surface area contributed by atoms with Gasteiger partial charge in [0.15, 0.2) is 0 Å². The second-order valence-corrected chi connectivity index (χ2v) is 5.15. The van der Waals surface area contributed by atoms with Crippen LogP contribution in [-0.2, 0) is 0 Å². The van der Waals surface area contributed by atoms with Crippen molar-refractivity contribution in [2.45, 2.75) is 25.8 Å². The number of benzene rings is 1. The Morgan fingerprint density at radius 1 is 1.42 bits per heavy atom. The zero-order chi connectivity index (χ0) is 13.8. The number of hydrogen-bond acceptors (Lipinski definition) is 3. The molecule has 2 N–H and O–H groups in total. The van der Waals surface area contributed by atoms with Crippen molar-refractivity contribution in [2.75, 3.05) is 20.1 Å². The van der Waals surface area contributed by atoms with E-state index in [2.05, 4.69) is 12.2 Å². The molecule has 1 aliphatic heterocycles. The molecule has 1 fully saturated rings. The lowest BCUT2D eigenvalue weighted by molar-refractivity contribution is 0.0631. The number of aromatic hydroxyl groups is 1. The minimum absolute atomic E-state index is 0.0630. The van der Waals surface area contributed by atoms with Crippen molar-refractivity contribution in [3.05, 3.63) is 29.8 Å². The quantitative estimate of drug-likeness (QED) is 0.874. The van der Waals surface area contributed by atoms with Gasteiger partial charge in [-0.25, -0.2) is 0 Å². The van der Waals surface area contributed by atoms with E-state index in [0.29, 0.717) is 17.5 Å². The molecule has 4 nitrogen and oxygen atoms in total. The third-order valence-electron chi connectivity index (χ3n) is 4.03. The zero-order valence-corrected chi connectivity index (χ0v) is 11.6. The van der Waals surface area contributed by atoms with Gasteiger partial charge in [-0.15, -0.1) is 0 Å². The Balaban J connectivity index is 2.06. The molecule has 1 aromatic rings. The van der Waals surface area contributed by atoms with Crippen LogP contribution in [0, 0.1) is 5.92 Å². The molecule has 0 radical (unpaired) electrons. The second-order valence-electron chi connectivity index (χ2n) is 5.15. The first-order chi connectivity index (χ1) is 9.15. The highest BCUT2D eigenvalue weighted by atomic mass is 16.3. The van der Waals surface area contributed by atoms with Crippen LogP contribution in [-0.4, -0.2) is 42.1 Å².